The van der Waals surface area contributed by atoms with Crippen LogP contribution in [0.25, 0.3) is 0 Å². The molecule has 0 amide bonds. The van der Waals surface area contributed by atoms with Crippen molar-refractivity contribution < 1.29 is 23.9 Å². The van der Waals surface area contributed by atoms with Gasteiger partial charge in [-0.05, 0) is 33.1 Å². The summed E-state index contributed by atoms with van der Waals surface area (Å²) in [6, 6.07) is 0. The molecule has 0 aromatic carbocycles. The Hall–Kier alpha value is -1.39. The minimum atomic E-state index is -0.692. The molecule has 0 aromatic heterocycles. The van der Waals surface area contributed by atoms with Gasteiger partial charge in [-0.1, -0.05) is 90.4 Å². The quantitative estimate of drug-likeness (QED) is 0.133. The van der Waals surface area contributed by atoms with Crippen LogP contribution in [0.15, 0.2) is 0 Å². The number of esters is 2. The molecule has 0 saturated heterocycles. The van der Waals surface area contributed by atoms with Gasteiger partial charge in [0, 0.05) is 12.8 Å². The highest BCUT2D eigenvalue weighted by molar-refractivity contribution is 5.83. The van der Waals surface area contributed by atoms with Crippen molar-refractivity contribution in [2.45, 2.75) is 142 Å². The number of ketones is 1. The molecule has 0 aromatic rings. The van der Waals surface area contributed by atoms with Crippen molar-refractivity contribution in [3.05, 3.63) is 0 Å². The highest BCUT2D eigenvalue weighted by Crippen LogP contribution is 2.13. The first-order chi connectivity index (χ1) is 15.0. The van der Waals surface area contributed by atoms with E-state index in [4.69, 9.17) is 9.47 Å². The first-order valence-corrected chi connectivity index (χ1v) is 12.8. The van der Waals surface area contributed by atoms with E-state index in [9.17, 15) is 14.4 Å². The van der Waals surface area contributed by atoms with Crippen molar-refractivity contribution in [1.29, 1.82) is 0 Å². The Morgan fingerprint density at radius 1 is 0.613 bits per heavy atom. The molecule has 1 atom stereocenters. The number of carbonyl (C=O) groups excluding carboxylic acids is 3. The van der Waals surface area contributed by atoms with E-state index in [1.807, 2.05) is 0 Å². The second kappa shape index (κ2) is 21.8. The summed E-state index contributed by atoms with van der Waals surface area (Å²) in [4.78, 5) is 34.3. The summed E-state index contributed by atoms with van der Waals surface area (Å²) in [6.07, 6.45) is 19.4. The lowest BCUT2D eigenvalue weighted by atomic mass is 10.0. The second-order valence-electron chi connectivity index (χ2n) is 8.77. The molecule has 0 bridgehead atoms. The zero-order valence-electron chi connectivity index (χ0n) is 20.6. The Balaban J connectivity index is 3.31. The van der Waals surface area contributed by atoms with E-state index in [-0.39, 0.29) is 18.2 Å². The third-order valence-electron chi connectivity index (χ3n) is 5.65. The van der Waals surface area contributed by atoms with Gasteiger partial charge in [-0.15, -0.1) is 0 Å². The van der Waals surface area contributed by atoms with Crippen LogP contribution < -0.4 is 0 Å². The van der Waals surface area contributed by atoms with Crippen molar-refractivity contribution in [1.82, 2.24) is 0 Å². The molecule has 0 aliphatic rings. The highest BCUT2D eigenvalue weighted by atomic mass is 16.5. The van der Waals surface area contributed by atoms with Crippen LogP contribution in [0.1, 0.15) is 136 Å². The summed E-state index contributed by atoms with van der Waals surface area (Å²) in [5, 5.41) is 0. The number of rotatable bonds is 22. The molecular formula is C26H48O5. The average molecular weight is 441 g/mol. The van der Waals surface area contributed by atoms with Crippen molar-refractivity contribution in [3.8, 4) is 0 Å². The van der Waals surface area contributed by atoms with Crippen LogP contribution >= 0.6 is 0 Å². The van der Waals surface area contributed by atoms with Gasteiger partial charge in [-0.25, -0.2) is 0 Å². The maximum Gasteiger partial charge on any atom is 0.306 e. The Morgan fingerprint density at radius 2 is 1.03 bits per heavy atom. The minimum Gasteiger partial charge on any atom is -0.466 e. The van der Waals surface area contributed by atoms with E-state index in [0.29, 0.717) is 25.9 Å². The molecule has 0 spiro atoms. The molecule has 1 unspecified atom stereocenters. The fraction of sp³-hybridized carbons (Fsp3) is 0.885. The molecule has 0 aliphatic carbocycles. The number of hydrogen-bond donors (Lipinski definition) is 0. The first kappa shape index (κ1) is 29.6. The SMILES string of the molecule is CCCCCCCCCCCCCCCCOC(=O)CCCCC(=O)OC(C)C(C)=O. The van der Waals surface area contributed by atoms with Crippen LogP contribution in [0.4, 0.5) is 0 Å². The Morgan fingerprint density at radius 3 is 1.48 bits per heavy atom. The molecule has 0 heterocycles. The second-order valence-corrected chi connectivity index (χ2v) is 8.77. The summed E-state index contributed by atoms with van der Waals surface area (Å²) < 4.78 is 10.2. The zero-order chi connectivity index (χ0) is 23.2. The van der Waals surface area contributed by atoms with Gasteiger partial charge in [-0.3, -0.25) is 14.4 Å². The van der Waals surface area contributed by atoms with Gasteiger partial charge in [0.2, 0.25) is 0 Å². The van der Waals surface area contributed by atoms with Crippen molar-refractivity contribution >= 4 is 17.7 Å². The van der Waals surface area contributed by atoms with E-state index < -0.39 is 12.1 Å². The molecule has 5 nitrogen and oxygen atoms in total. The zero-order valence-corrected chi connectivity index (χ0v) is 20.6. The lowest BCUT2D eigenvalue weighted by Crippen LogP contribution is -2.21. The maximum absolute atomic E-state index is 11.7. The summed E-state index contributed by atoms with van der Waals surface area (Å²) >= 11 is 0. The van der Waals surface area contributed by atoms with Gasteiger partial charge in [0.1, 0.15) is 0 Å². The summed E-state index contributed by atoms with van der Waals surface area (Å²) in [5.41, 5.74) is 0. The monoisotopic (exact) mass is 440 g/mol. The predicted molar refractivity (Wildman–Crippen MR) is 126 cm³/mol. The lowest BCUT2D eigenvalue weighted by molar-refractivity contribution is -0.153. The molecule has 0 radical (unpaired) electrons. The number of ether oxygens (including phenoxy) is 2. The molecule has 5 heteroatoms. The van der Waals surface area contributed by atoms with Crippen LogP contribution in [0, 0.1) is 0 Å². The lowest BCUT2D eigenvalue weighted by Gasteiger charge is -2.09. The summed E-state index contributed by atoms with van der Waals surface area (Å²) in [5.74, 6) is -0.751. The smallest absolute Gasteiger partial charge is 0.306 e. The van der Waals surface area contributed by atoms with E-state index in [0.717, 1.165) is 12.8 Å². The third kappa shape index (κ3) is 21.6. The molecular weight excluding hydrogens is 392 g/mol. The largest absolute Gasteiger partial charge is 0.466 e. The molecule has 0 fully saturated rings. The van der Waals surface area contributed by atoms with Gasteiger partial charge in [-0.2, -0.15) is 0 Å². The number of Topliss-reactive ketones (excluding diaryl/α,β-unsaturated/α-hetero) is 1. The predicted octanol–water partition coefficient (Wildman–Crippen LogP) is 7.09. The van der Waals surface area contributed by atoms with Crippen LogP contribution in [0.2, 0.25) is 0 Å². The Labute approximate surface area is 191 Å². The van der Waals surface area contributed by atoms with Crippen molar-refractivity contribution in [3.63, 3.8) is 0 Å². The highest BCUT2D eigenvalue weighted by Gasteiger charge is 2.13. The number of hydrogen-bond acceptors (Lipinski definition) is 5. The van der Waals surface area contributed by atoms with Gasteiger partial charge in [0.25, 0.3) is 0 Å². The maximum atomic E-state index is 11.7. The van der Waals surface area contributed by atoms with Gasteiger partial charge < -0.3 is 9.47 Å². The van der Waals surface area contributed by atoms with Crippen LogP contribution in [0.3, 0.4) is 0 Å². The van der Waals surface area contributed by atoms with E-state index in [2.05, 4.69) is 6.92 Å². The van der Waals surface area contributed by atoms with Crippen molar-refractivity contribution in [2.75, 3.05) is 6.61 Å². The van der Waals surface area contributed by atoms with Gasteiger partial charge >= 0.3 is 11.9 Å². The average Bonchev–Trinajstić information content (AvgIpc) is 2.73. The minimum absolute atomic E-state index is 0.166. The van der Waals surface area contributed by atoms with Gasteiger partial charge in [0.15, 0.2) is 11.9 Å². The molecule has 31 heavy (non-hydrogen) atoms. The molecule has 0 N–H and O–H groups in total. The first-order valence-electron chi connectivity index (χ1n) is 12.8. The van der Waals surface area contributed by atoms with Crippen LogP contribution in [-0.4, -0.2) is 30.4 Å². The third-order valence-corrected chi connectivity index (χ3v) is 5.65. The van der Waals surface area contributed by atoms with Crippen LogP contribution in [0.5, 0.6) is 0 Å². The number of carbonyl (C=O) groups is 3. The number of unbranched alkanes of at least 4 members (excludes halogenated alkanes) is 14. The normalized spacial score (nSPS) is 11.8. The standard InChI is InChI=1S/C26H48O5/c1-4-5-6-7-8-9-10-11-12-13-14-15-16-19-22-30-25(28)20-17-18-21-26(29)31-24(3)23(2)27/h24H,4-22H2,1-3H3. The Bertz CT molecular complexity index is 461. The molecule has 0 rings (SSSR count). The van der Waals surface area contributed by atoms with E-state index in [1.54, 1.807) is 6.92 Å². The van der Waals surface area contributed by atoms with Crippen molar-refractivity contribution in [2.24, 2.45) is 0 Å². The van der Waals surface area contributed by atoms with E-state index >= 15 is 0 Å². The molecule has 0 aliphatic heterocycles. The Kier molecular flexibility index (Phi) is 20.8. The van der Waals surface area contributed by atoms with Gasteiger partial charge in [0.05, 0.1) is 6.61 Å². The van der Waals surface area contributed by atoms with E-state index in [1.165, 1.54) is 84.0 Å². The molecule has 182 valence electrons. The topological polar surface area (TPSA) is 69.7 Å². The summed E-state index contributed by atoms with van der Waals surface area (Å²) in [6.45, 7) is 5.72. The fourth-order valence-corrected chi connectivity index (χ4v) is 3.43. The fourth-order valence-electron chi connectivity index (χ4n) is 3.43. The summed E-state index contributed by atoms with van der Waals surface area (Å²) in [7, 11) is 0. The molecule has 0 saturated carbocycles. The van der Waals surface area contributed by atoms with Crippen LogP contribution in [-0.2, 0) is 23.9 Å².